The maximum absolute atomic E-state index is 12.7. The summed E-state index contributed by atoms with van der Waals surface area (Å²) in [6, 6.07) is 5.64. The number of rotatable bonds is 1. The van der Waals surface area contributed by atoms with Gasteiger partial charge in [0.2, 0.25) is 0 Å². The highest BCUT2D eigenvalue weighted by Gasteiger charge is 2.51. The van der Waals surface area contributed by atoms with Crippen molar-refractivity contribution in [3.63, 3.8) is 0 Å². The second-order valence-electron chi connectivity index (χ2n) is 7.69. The number of carbonyl (C=O) groups is 1. The Balaban J connectivity index is 1.84. The monoisotopic (exact) mass is 283 g/mol. The largest absolute Gasteiger partial charge is 0.335 e. The van der Waals surface area contributed by atoms with Crippen LogP contribution in [0.25, 0.3) is 0 Å². The molecule has 110 valence electrons. The highest BCUT2D eigenvalue weighted by Crippen LogP contribution is 2.52. The lowest BCUT2D eigenvalue weighted by molar-refractivity contribution is 0.0708. The van der Waals surface area contributed by atoms with Gasteiger partial charge in [-0.3, -0.25) is 4.79 Å². The molecule has 0 aromatic carbocycles. The lowest BCUT2D eigenvalue weighted by atomic mass is 9.65. The maximum Gasteiger partial charge on any atom is 0.255 e. The fourth-order valence-corrected chi connectivity index (χ4v) is 4.45. The van der Waals surface area contributed by atoms with Crippen LogP contribution in [0.3, 0.4) is 0 Å². The smallest absolute Gasteiger partial charge is 0.255 e. The van der Waals surface area contributed by atoms with Gasteiger partial charge < -0.3 is 4.90 Å². The van der Waals surface area contributed by atoms with Gasteiger partial charge in [0.25, 0.3) is 5.91 Å². The quantitative estimate of drug-likeness (QED) is 0.796. The van der Waals surface area contributed by atoms with Crippen molar-refractivity contribution in [1.82, 2.24) is 9.88 Å². The maximum atomic E-state index is 12.7. The van der Waals surface area contributed by atoms with Crippen molar-refractivity contribution in [1.29, 1.82) is 5.26 Å². The Morgan fingerprint density at radius 1 is 1.38 bits per heavy atom. The molecule has 0 radical (unpaired) electrons. The van der Waals surface area contributed by atoms with Gasteiger partial charge in [0.1, 0.15) is 11.8 Å². The topological polar surface area (TPSA) is 57.0 Å². The molecule has 2 bridgehead atoms. The first-order valence-electron chi connectivity index (χ1n) is 7.49. The zero-order valence-electron chi connectivity index (χ0n) is 12.9. The van der Waals surface area contributed by atoms with E-state index in [0.29, 0.717) is 22.7 Å². The number of fused-ring (bicyclic) bond motifs is 2. The third kappa shape index (κ3) is 2.53. The van der Waals surface area contributed by atoms with Crippen LogP contribution in [0.15, 0.2) is 18.3 Å². The first-order chi connectivity index (χ1) is 9.82. The van der Waals surface area contributed by atoms with Crippen LogP contribution in [0.1, 0.15) is 56.1 Å². The summed E-state index contributed by atoms with van der Waals surface area (Å²) in [4.78, 5) is 18.8. The molecule has 1 aromatic heterocycles. The Kier molecular flexibility index (Phi) is 3.05. The van der Waals surface area contributed by atoms with Crippen molar-refractivity contribution in [3.8, 4) is 6.07 Å². The standard InChI is InChI=1S/C17H21N3O/c1-16(2)6-14-7-17(3,10-16)11-20(14)15(21)12-4-5-13(8-18)19-9-12/h4-5,9,14H,6-7,10-11H2,1-3H3. The molecule has 2 aliphatic rings. The van der Waals surface area contributed by atoms with Gasteiger partial charge >= 0.3 is 0 Å². The van der Waals surface area contributed by atoms with Crippen LogP contribution >= 0.6 is 0 Å². The highest BCUT2D eigenvalue weighted by molar-refractivity contribution is 5.94. The number of likely N-dealkylation sites (tertiary alicyclic amines) is 1. The SMILES string of the molecule is CC1(C)CC2CC(C)(CN2C(=O)c2ccc(C#N)nc2)C1. The lowest BCUT2D eigenvalue weighted by Gasteiger charge is -2.39. The Hall–Kier alpha value is -1.89. The summed E-state index contributed by atoms with van der Waals surface area (Å²) >= 11 is 0. The van der Waals surface area contributed by atoms with Crippen molar-refractivity contribution in [3.05, 3.63) is 29.6 Å². The summed E-state index contributed by atoms with van der Waals surface area (Å²) in [6.45, 7) is 7.73. The average Bonchev–Trinajstić information content (AvgIpc) is 2.67. The molecule has 2 atom stereocenters. The number of hydrogen-bond donors (Lipinski definition) is 0. The fraction of sp³-hybridized carbons (Fsp3) is 0.588. The fourth-order valence-electron chi connectivity index (χ4n) is 4.45. The van der Waals surface area contributed by atoms with Crippen molar-refractivity contribution in [2.75, 3.05) is 6.54 Å². The molecule has 3 rings (SSSR count). The second kappa shape index (κ2) is 4.56. The molecule has 1 saturated carbocycles. The molecular weight excluding hydrogens is 262 g/mol. The van der Waals surface area contributed by atoms with Crippen LogP contribution in [0.2, 0.25) is 0 Å². The van der Waals surface area contributed by atoms with E-state index in [9.17, 15) is 4.79 Å². The van der Waals surface area contributed by atoms with E-state index in [1.54, 1.807) is 12.1 Å². The van der Waals surface area contributed by atoms with Crippen LogP contribution in [-0.2, 0) is 0 Å². The van der Waals surface area contributed by atoms with E-state index in [2.05, 4.69) is 25.8 Å². The molecule has 1 aliphatic carbocycles. The van der Waals surface area contributed by atoms with Gasteiger partial charge in [0.15, 0.2) is 0 Å². The highest BCUT2D eigenvalue weighted by atomic mass is 16.2. The third-order valence-electron chi connectivity index (χ3n) is 4.80. The molecule has 2 heterocycles. The summed E-state index contributed by atoms with van der Waals surface area (Å²) in [7, 11) is 0. The van der Waals surface area contributed by atoms with Crippen LogP contribution in [0, 0.1) is 22.2 Å². The minimum Gasteiger partial charge on any atom is -0.335 e. The Bertz CT molecular complexity index is 614. The summed E-state index contributed by atoms with van der Waals surface area (Å²) in [6.07, 6.45) is 4.87. The van der Waals surface area contributed by atoms with E-state index in [4.69, 9.17) is 5.26 Å². The number of amides is 1. The van der Waals surface area contributed by atoms with Crippen LogP contribution < -0.4 is 0 Å². The van der Waals surface area contributed by atoms with Gasteiger partial charge in [-0.15, -0.1) is 0 Å². The summed E-state index contributed by atoms with van der Waals surface area (Å²) in [5.74, 6) is 0.0541. The molecule has 0 spiro atoms. The molecule has 1 aromatic rings. The van der Waals surface area contributed by atoms with Gasteiger partial charge in [-0.1, -0.05) is 20.8 Å². The first-order valence-corrected chi connectivity index (χ1v) is 7.49. The van der Waals surface area contributed by atoms with Crippen molar-refractivity contribution in [2.24, 2.45) is 10.8 Å². The lowest BCUT2D eigenvalue weighted by Crippen LogP contribution is -2.37. The number of nitrogens with zero attached hydrogens (tertiary/aromatic N) is 3. The van der Waals surface area contributed by atoms with E-state index < -0.39 is 0 Å². The van der Waals surface area contributed by atoms with E-state index in [-0.39, 0.29) is 11.3 Å². The molecule has 2 unspecified atom stereocenters. The molecule has 4 nitrogen and oxygen atoms in total. The molecule has 2 fully saturated rings. The van der Waals surface area contributed by atoms with Gasteiger partial charge in [-0.05, 0) is 42.2 Å². The Morgan fingerprint density at radius 2 is 2.14 bits per heavy atom. The normalized spacial score (nSPS) is 30.0. The first kappa shape index (κ1) is 14.1. The zero-order chi connectivity index (χ0) is 15.3. The third-order valence-corrected chi connectivity index (χ3v) is 4.80. The summed E-state index contributed by atoms with van der Waals surface area (Å²) in [5, 5.41) is 8.79. The van der Waals surface area contributed by atoms with Crippen molar-refractivity contribution >= 4 is 5.91 Å². The van der Waals surface area contributed by atoms with Crippen LogP contribution in [0.5, 0.6) is 0 Å². The zero-order valence-corrected chi connectivity index (χ0v) is 12.9. The van der Waals surface area contributed by atoms with Crippen LogP contribution in [0.4, 0.5) is 0 Å². The number of nitriles is 1. The molecule has 1 aliphatic heterocycles. The predicted molar refractivity (Wildman–Crippen MR) is 79.5 cm³/mol. The van der Waals surface area contributed by atoms with E-state index in [1.165, 1.54) is 12.6 Å². The molecule has 1 amide bonds. The van der Waals surface area contributed by atoms with E-state index in [0.717, 1.165) is 19.4 Å². The molecule has 0 N–H and O–H groups in total. The average molecular weight is 283 g/mol. The van der Waals surface area contributed by atoms with Gasteiger partial charge in [0.05, 0.1) is 5.56 Å². The summed E-state index contributed by atoms with van der Waals surface area (Å²) in [5.41, 5.74) is 1.47. The Labute approximate surface area is 125 Å². The van der Waals surface area contributed by atoms with E-state index in [1.807, 2.05) is 11.0 Å². The van der Waals surface area contributed by atoms with Gasteiger partial charge in [0, 0.05) is 18.8 Å². The van der Waals surface area contributed by atoms with Crippen molar-refractivity contribution < 1.29 is 4.79 Å². The molecular formula is C17H21N3O. The predicted octanol–water partition coefficient (Wildman–Crippen LogP) is 2.99. The van der Waals surface area contributed by atoms with Crippen molar-refractivity contribution in [2.45, 2.75) is 46.1 Å². The number of pyridine rings is 1. The number of carbonyl (C=O) groups excluding carboxylic acids is 1. The molecule has 4 heteroatoms. The van der Waals surface area contributed by atoms with E-state index >= 15 is 0 Å². The van der Waals surface area contributed by atoms with Gasteiger partial charge in [-0.2, -0.15) is 5.26 Å². The Morgan fingerprint density at radius 3 is 2.76 bits per heavy atom. The minimum absolute atomic E-state index is 0.0541. The number of hydrogen-bond acceptors (Lipinski definition) is 3. The molecule has 21 heavy (non-hydrogen) atoms. The van der Waals surface area contributed by atoms with Crippen LogP contribution in [-0.4, -0.2) is 28.4 Å². The molecule has 1 saturated heterocycles. The number of aromatic nitrogens is 1. The minimum atomic E-state index is 0.0541. The second-order valence-corrected chi connectivity index (χ2v) is 7.69. The summed E-state index contributed by atoms with van der Waals surface area (Å²) < 4.78 is 0. The van der Waals surface area contributed by atoms with Gasteiger partial charge in [-0.25, -0.2) is 4.98 Å².